The van der Waals surface area contributed by atoms with E-state index in [2.05, 4.69) is 6.58 Å². The average Bonchev–Trinajstić information content (AvgIpc) is 2.91. The summed E-state index contributed by atoms with van der Waals surface area (Å²) in [6.07, 6.45) is 22.1. The molecule has 234 valence electrons. The topological polar surface area (TPSA) is 112 Å². The quantitative estimate of drug-likeness (QED) is 0.0473. The number of rotatable bonds is 29. The van der Waals surface area contributed by atoms with E-state index < -0.39 is 36.0 Å². The fraction of sp³-hybridized carbons (Fsp3) is 0.848. The van der Waals surface area contributed by atoms with Crippen molar-refractivity contribution in [2.75, 3.05) is 6.54 Å². The SMILES string of the molecule is C=CCCCCCCCCCCCCCCCC[N+](C(CCC)C(=O)O)(C(CCC)C(=O)O)C(CCC)C(=O)O. The summed E-state index contributed by atoms with van der Waals surface area (Å²) in [5.74, 6) is -3.25. The van der Waals surface area contributed by atoms with Crippen LogP contribution < -0.4 is 0 Å². The Kier molecular flexibility index (Phi) is 22.7. The van der Waals surface area contributed by atoms with Crippen molar-refractivity contribution in [2.24, 2.45) is 0 Å². The number of quaternary nitrogens is 1. The summed E-state index contributed by atoms with van der Waals surface area (Å²) in [7, 11) is 0. The van der Waals surface area contributed by atoms with Crippen molar-refractivity contribution in [3.63, 3.8) is 0 Å². The Bertz CT molecular complexity index is 635. The molecule has 7 heteroatoms. The minimum Gasteiger partial charge on any atom is -0.477 e. The van der Waals surface area contributed by atoms with E-state index >= 15 is 0 Å². The van der Waals surface area contributed by atoms with Crippen LogP contribution in [0.2, 0.25) is 0 Å². The summed E-state index contributed by atoms with van der Waals surface area (Å²) in [4.78, 5) is 37.7. The normalized spacial score (nSPS) is 15.2. The summed E-state index contributed by atoms with van der Waals surface area (Å²) in [6, 6.07) is -3.13. The molecule has 0 saturated carbocycles. The lowest BCUT2D eigenvalue weighted by atomic mass is 9.91. The van der Waals surface area contributed by atoms with Crippen molar-refractivity contribution < 1.29 is 34.2 Å². The van der Waals surface area contributed by atoms with Crippen molar-refractivity contribution in [1.29, 1.82) is 0 Å². The zero-order chi connectivity index (χ0) is 30.2. The van der Waals surface area contributed by atoms with Gasteiger partial charge < -0.3 is 15.3 Å². The third-order valence-corrected chi connectivity index (χ3v) is 8.49. The first-order valence-corrected chi connectivity index (χ1v) is 16.4. The second kappa shape index (κ2) is 23.8. The van der Waals surface area contributed by atoms with E-state index in [9.17, 15) is 29.7 Å². The molecular weight excluding hydrogens is 506 g/mol. The molecule has 40 heavy (non-hydrogen) atoms. The Labute approximate surface area is 245 Å². The van der Waals surface area contributed by atoms with E-state index in [4.69, 9.17) is 0 Å². The predicted molar refractivity (Wildman–Crippen MR) is 164 cm³/mol. The van der Waals surface area contributed by atoms with Gasteiger partial charge in [0, 0.05) is 19.3 Å². The molecule has 0 radical (unpaired) electrons. The standard InChI is InChI=1S/C33H61NO6/c1-5-9-10-11-12-13-14-15-16-17-18-19-20-21-22-23-27-34(28(24-6-2)31(35)36,29(25-7-3)32(37)38)30(26-8-4)33(39)40/h5,28-30H,1,6-27H2,2-4H3,(H2-,35,36,37,38,39,40)/p+1. The monoisotopic (exact) mass is 568 g/mol. The van der Waals surface area contributed by atoms with Crippen LogP contribution in [0.3, 0.4) is 0 Å². The zero-order valence-corrected chi connectivity index (χ0v) is 26.1. The van der Waals surface area contributed by atoms with Crippen LogP contribution in [0.15, 0.2) is 12.7 Å². The maximum Gasteiger partial charge on any atom is 0.362 e. The van der Waals surface area contributed by atoms with Crippen LogP contribution in [0.25, 0.3) is 0 Å². The molecule has 3 atom stereocenters. The number of aliphatic carboxylic acids is 3. The number of hydrogen-bond donors (Lipinski definition) is 3. The smallest absolute Gasteiger partial charge is 0.362 e. The first-order chi connectivity index (χ1) is 19.2. The molecule has 3 N–H and O–H groups in total. The minimum absolute atomic E-state index is 0.269. The lowest BCUT2D eigenvalue weighted by Crippen LogP contribution is -2.72. The molecule has 0 saturated heterocycles. The largest absolute Gasteiger partial charge is 0.477 e. The van der Waals surface area contributed by atoms with E-state index in [1.165, 1.54) is 64.2 Å². The van der Waals surface area contributed by atoms with E-state index in [1.54, 1.807) is 0 Å². The Hall–Kier alpha value is -1.89. The highest BCUT2D eigenvalue weighted by atomic mass is 16.4. The molecule has 0 heterocycles. The van der Waals surface area contributed by atoms with Gasteiger partial charge in [0.1, 0.15) is 0 Å². The first kappa shape index (κ1) is 38.1. The number of hydrogen-bond acceptors (Lipinski definition) is 3. The van der Waals surface area contributed by atoms with Crippen molar-refractivity contribution >= 4 is 17.9 Å². The molecule has 0 bridgehead atoms. The van der Waals surface area contributed by atoms with Gasteiger partial charge in [-0.1, -0.05) is 97.5 Å². The number of carboxylic acid groups (broad SMARTS) is 3. The van der Waals surface area contributed by atoms with Gasteiger partial charge in [-0.3, -0.25) is 4.48 Å². The lowest BCUT2D eigenvalue weighted by Gasteiger charge is -2.50. The molecular formula is C33H62NO6+. The van der Waals surface area contributed by atoms with E-state index in [1.807, 2.05) is 26.8 Å². The summed E-state index contributed by atoms with van der Waals surface area (Å²) in [5.41, 5.74) is 0. The van der Waals surface area contributed by atoms with Crippen LogP contribution in [-0.2, 0) is 14.4 Å². The first-order valence-electron chi connectivity index (χ1n) is 16.4. The summed E-state index contributed by atoms with van der Waals surface area (Å²) >= 11 is 0. The maximum atomic E-state index is 12.6. The van der Waals surface area contributed by atoms with Gasteiger partial charge in [0.05, 0.1) is 6.54 Å². The minimum atomic E-state index is -1.08. The van der Waals surface area contributed by atoms with Crippen molar-refractivity contribution in [1.82, 2.24) is 0 Å². The van der Waals surface area contributed by atoms with Gasteiger partial charge in [-0.25, -0.2) is 14.4 Å². The van der Waals surface area contributed by atoms with Gasteiger partial charge in [0.15, 0.2) is 18.1 Å². The molecule has 0 aromatic heterocycles. The van der Waals surface area contributed by atoms with E-state index in [0.717, 1.165) is 25.7 Å². The summed E-state index contributed by atoms with van der Waals surface area (Å²) < 4.78 is -0.371. The summed E-state index contributed by atoms with van der Waals surface area (Å²) in [5, 5.41) is 30.8. The summed E-state index contributed by atoms with van der Waals surface area (Å²) in [6.45, 7) is 9.67. The van der Waals surface area contributed by atoms with Crippen LogP contribution in [-0.4, -0.2) is 62.4 Å². The zero-order valence-electron chi connectivity index (χ0n) is 26.1. The number of carbonyl (C=O) groups is 3. The van der Waals surface area contributed by atoms with Crippen LogP contribution in [0, 0.1) is 0 Å². The molecule has 0 amide bonds. The van der Waals surface area contributed by atoms with Gasteiger partial charge in [0.2, 0.25) is 0 Å². The molecule has 0 aliphatic heterocycles. The average molecular weight is 569 g/mol. The maximum absolute atomic E-state index is 12.6. The molecule has 0 aromatic rings. The third kappa shape index (κ3) is 14.1. The van der Waals surface area contributed by atoms with Crippen molar-refractivity contribution in [3.8, 4) is 0 Å². The Morgan fingerprint density at radius 3 is 1.07 bits per heavy atom. The predicted octanol–water partition coefficient (Wildman–Crippen LogP) is 8.60. The number of nitrogens with zero attached hydrogens (tertiary/aromatic N) is 1. The number of carboxylic acids is 3. The Morgan fingerprint density at radius 1 is 0.550 bits per heavy atom. The van der Waals surface area contributed by atoms with Gasteiger partial charge in [-0.2, -0.15) is 0 Å². The van der Waals surface area contributed by atoms with Crippen LogP contribution in [0.1, 0.15) is 156 Å². The second-order valence-corrected chi connectivity index (χ2v) is 11.7. The van der Waals surface area contributed by atoms with E-state index in [-0.39, 0.29) is 30.3 Å². The van der Waals surface area contributed by atoms with Gasteiger partial charge in [-0.15, -0.1) is 6.58 Å². The molecule has 0 aromatic carbocycles. The molecule has 0 rings (SSSR count). The van der Waals surface area contributed by atoms with Crippen LogP contribution in [0.5, 0.6) is 0 Å². The van der Waals surface area contributed by atoms with Crippen molar-refractivity contribution in [2.45, 2.75) is 174 Å². The highest BCUT2D eigenvalue weighted by molar-refractivity contribution is 5.78. The van der Waals surface area contributed by atoms with Crippen molar-refractivity contribution in [3.05, 3.63) is 12.7 Å². The number of unbranched alkanes of at least 4 members (excludes halogenated alkanes) is 14. The van der Waals surface area contributed by atoms with Crippen LogP contribution in [0.4, 0.5) is 0 Å². The van der Waals surface area contributed by atoms with Crippen LogP contribution >= 0.6 is 0 Å². The molecule has 3 unspecified atom stereocenters. The van der Waals surface area contributed by atoms with E-state index in [0.29, 0.717) is 25.7 Å². The third-order valence-electron chi connectivity index (χ3n) is 8.49. The van der Waals surface area contributed by atoms with Gasteiger partial charge >= 0.3 is 17.9 Å². The highest BCUT2D eigenvalue weighted by Gasteiger charge is 2.56. The molecule has 0 fully saturated rings. The Balaban J connectivity index is 5.05. The molecule has 0 spiro atoms. The number of allylic oxidation sites excluding steroid dienone is 1. The van der Waals surface area contributed by atoms with Gasteiger partial charge in [0.25, 0.3) is 0 Å². The van der Waals surface area contributed by atoms with Gasteiger partial charge in [-0.05, 0) is 44.9 Å². The fourth-order valence-corrected chi connectivity index (χ4v) is 6.44. The fourth-order valence-electron chi connectivity index (χ4n) is 6.44. The Morgan fingerprint density at radius 2 is 0.825 bits per heavy atom. The second-order valence-electron chi connectivity index (χ2n) is 11.7. The lowest BCUT2D eigenvalue weighted by molar-refractivity contribution is -0.973. The molecule has 0 aliphatic rings. The highest BCUT2D eigenvalue weighted by Crippen LogP contribution is 2.34. The molecule has 0 aliphatic carbocycles. The molecule has 7 nitrogen and oxygen atoms in total.